The van der Waals surface area contributed by atoms with Gasteiger partial charge in [0.1, 0.15) is 0 Å². The number of hydrogen-bond acceptors (Lipinski definition) is 4. The van der Waals surface area contributed by atoms with Crippen LogP contribution in [0.1, 0.15) is 25.8 Å². The maximum absolute atomic E-state index is 11.0. The number of benzene rings is 1. The summed E-state index contributed by atoms with van der Waals surface area (Å²) >= 11 is 0. The van der Waals surface area contributed by atoms with Gasteiger partial charge in [0.15, 0.2) is 11.5 Å². The first-order chi connectivity index (χ1) is 8.00. The molecule has 17 heavy (non-hydrogen) atoms. The van der Waals surface area contributed by atoms with Gasteiger partial charge in [-0.15, -0.1) is 0 Å². The van der Waals surface area contributed by atoms with Crippen LogP contribution in [0.3, 0.4) is 0 Å². The molecule has 0 fully saturated rings. The van der Waals surface area contributed by atoms with Crippen molar-refractivity contribution >= 4 is 5.97 Å². The van der Waals surface area contributed by atoms with Crippen LogP contribution in [-0.2, 0) is 16.0 Å². The average Bonchev–Trinajstić information content (AvgIpc) is 2.58. The van der Waals surface area contributed by atoms with Crippen molar-refractivity contribution in [1.82, 2.24) is 0 Å². The topological polar surface area (TPSA) is 44.8 Å². The van der Waals surface area contributed by atoms with Gasteiger partial charge in [-0.2, -0.15) is 0 Å². The predicted molar refractivity (Wildman–Crippen MR) is 62.1 cm³/mol. The second-order valence-corrected chi connectivity index (χ2v) is 4.46. The number of hydrogen-bond donors (Lipinski definition) is 0. The van der Waals surface area contributed by atoms with E-state index in [1.807, 2.05) is 32.0 Å². The van der Waals surface area contributed by atoms with Gasteiger partial charge in [-0.3, -0.25) is 4.79 Å². The minimum Gasteiger partial charge on any atom is -0.469 e. The van der Waals surface area contributed by atoms with E-state index >= 15 is 0 Å². The van der Waals surface area contributed by atoms with E-state index in [1.165, 1.54) is 7.11 Å². The van der Waals surface area contributed by atoms with E-state index in [1.54, 1.807) is 0 Å². The summed E-state index contributed by atoms with van der Waals surface area (Å²) in [5.41, 5.74) is 1.04. The molecule has 4 nitrogen and oxygen atoms in total. The highest BCUT2D eigenvalue weighted by Gasteiger charge is 2.31. The van der Waals surface area contributed by atoms with Crippen LogP contribution in [0.5, 0.6) is 11.5 Å². The number of carbonyl (C=O) groups is 1. The van der Waals surface area contributed by atoms with Gasteiger partial charge in [0.2, 0.25) is 5.79 Å². The van der Waals surface area contributed by atoms with Crippen LogP contribution in [0.2, 0.25) is 0 Å². The Morgan fingerprint density at radius 3 is 2.71 bits per heavy atom. The Kier molecular flexibility index (Phi) is 2.96. The van der Waals surface area contributed by atoms with E-state index in [2.05, 4.69) is 4.74 Å². The summed E-state index contributed by atoms with van der Waals surface area (Å²) in [5, 5.41) is 0. The SMILES string of the molecule is COC(=O)CCc1ccc2c(c1)OC(C)(C)O2. The number of rotatable bonds is 3. The van der Waals surface area contributed by atoms with Crippen LogP contribution in [0.15, 0.2) is 18.2 Å². The second-order valence-electron chi connectivity index (χ2n) is 4.46. The fraction of sp³-hybridized carbons (Fsp3) is 0.462. The molecule has 0 N–H and O–H groups in total. The third-order valence-corrected chi connectivity index (χ3v) is 2.57. The minimum atomic E-state index is -0.608. The number of fused-ring (bicyclic) bond motifs is 1. The Labute approximate surface area is 100 Å². The van der Waals surface area contributed by atoms with Gasteiger partial charge in [0.25, 0.3) is 0 Å². The summed E-state index contributed by atoms with van der Waals surface area (Å²) < 4.78 is 15.8. The van der Waals surface area contributed by atoms with Crippen molar-refractivity contribution in [1.29, 1.82) is 0 Å². The van der Waals surface area contributed by atoms with Crippen molar-refractivity contribution in [3.8, 4) is 11.5 Å². The number of methoxy groups -OCH3 is 1. The molecule has 1 aromatic carbocycles. The maximum Gasteiger partial charge on any atom is 0.305 e. The van der Waals surface area contributed by atoms with Crippen LogP contribution in [0, 0.1) is 0 Å². The van der Waals surface area contributed by atoms with Crippen LogP contribution in [0.25, 0.3) is 0 Å². The molecule has 0 atom stereocenters. The first-order valence-corrected chi connectivity index (χ1v) is 5.58. The third-order valence-electron chi connectivity index (χ3n) is 2.57. The molecular formula is C13H16O4. The van der Waals surface area contributed by atoms with Crippen LogP contribution >= 0.6 is 0 Å². The quantitative estimate of drug-likeness (QED) is 0.755. The molecule has 0 spiro atoms. The summed E-state index contributed by atoms with van der Waals surface area (Å²) in [6.07, 6.45) is 1.02. The van der Waals surface area contributed by atoms with Gasteiger partial charge in [0.05, 0.1) is 7.11 Å². The molecule has 0 unspecified atom stereocenters. The van der Waals surface area contributed by atoms with E-state index in [0.29, 0.717) is 12.8 Å². The Hall–Kier alpha value is -1.71. The van der Waals surface area contributed by atoms with Gasteiger partial charge >= 0.3 is 5.97 Å². The highest BCUT2D eigenvalue weighted by molar-refractivity contribution is 5.69. The zero-order valence-corrected chi connectivity index (χ0v) is 10.3. The normalized spacial score (nSPS) is 15.7. The van der Waals surface area contributed by atoms with Gasteiger partial charge in [-0.25, -0.2) is 0 Å². The predicted octanol–water partition coefficient (Wildman–Crippen LogP) is 2.30. The Bertz CT molecular complexity index is 437. The first kappa shape index (κ1) is 11.8. The summed E-state index contributed by atoms with van der Waals surface area (Å²) in [6, 6.07) is 5.72. The lowest BCUT2D eigenvalue weighted by molar-refractivity contribution is -0.140. The zero-order chi connectivity index (χ0) is 12.5. The number of esters is 1. The highest BCUT2D eigenvalue weighted by Crippen LogP contribution is 2.39. The van der Waals surface area contributed by atoms with Crippen molar-refractivity contribution < 1.29 is 19.0 Å². The fourth-order valence-corrected chi connectivity index (χ4v) is 1.77. The summed E-state index contributed by atoms with van der Waals surface area (Å²) in [6.45, 7) is 3.72. The lowest BCUT2D eigenvalue weighted by Gasteiger charge is -2.16. The Morgan fingerprint density at radius 2 is 2.00 bits per heavy atom. The van der Waals surface area contributed by atoms with Crippen molar-refractivity contribution in [3.05, 3.63) is 23.8 Å². The maximum atomic E-state index is 11.0. The molecule has 0 aromatic heterocycles. The largest absolute Gasteiger partial charge is 0.469 e. The molecule has 1 heterocycles. The molecule has 0 bridgehead atoms. The molecule has 0 saturated carbocycles. The summed E-state index contributed by atoms with van der Waals surface area (Å²) in [7, 11) is 1.39. The van der Waals surface area contributed by atoms with E-state index < -0.39 is 5.79 Å². The molecule has 92 valence electrons. The molecular weight excluding hydrogens is 220 g/mol. The van der Waals surface area contributed by atoms with Crippen LogP contribution in [0.4, 0.5) is 0 Å². The lowest BCUT2D eigenvalue weighted by atomic mass is 10.1. The van der Waals surface area contributed by atoms with Gasteiger partial charge in [-0.05, 0) is 24.1 Å². The molecule has 0 aliphatic carbocycles. The fourth-order valence-electron chi connectivity index (χ4n) is 1.77. The molecule has 1 aromatic rings. The molecule has 0 radical (unpaired) electrons. The summed E-state index contributed by atoms with van der Waals surface area (Å²) in [4.78, 5) is 11.0. The van der Waals surface area contributed by atoms with E-state index in [-0.39, 0.29) is 5.97 Å². The molecule has 0 saturated heterocycles. The molecule has 4 heteroatoms. The lowest BCUT2D eigenvalue weighted by Crippen LogP contribution is -2.29. The van der Waals surface area contributed by atoms with E-state index in [0.717, 1.165) is 17.1 Å². The van der Waals surface area contributed by atoms with Gasteiger partial charge in [0, 0.05) is 20.3 Å². The number of ether oxygens (including phenoxy) is 3. The average molecular weight is 236 g/mol. The van der Waals surface area contributed by atoms with Crippen molar-refractivity contribution in [2.24, 2.45) is 0 Å². The number of carbonyl (C=O) groups excluding carboxylic acids is 1. The van der Waals surface area contributed by atoms with Crippen LogP contribution < -0.4 is 9.47 Å². The Morgan fingerprint density at radius 1 is 1.29 bits per heavy atom. The van der Waals surface area contributed by atoms with Crippen molar-refractivity contribution in [2.45, 2.75) is 32.5 Å². The molecule has 1 aliphatic rings. The summed E-state index contributed by atoms with van der Waals surface area (Å²) in [5.74, 6) is 0.667. The zero-order valence-electron chi connectivity index (χ0n) is 10.3. The van der Waals surface area contributed by atoms with E-state index in [9.17, 15) is 4.79 Å². The third kappa shape index (κ3) is 2.70. The van der Waals surface area contributed by atoms with Crippen LogP contribution in [-0.4, -0.2) is 18.9 Å². The molecule has 1 aliphatic heterocycles. The van der Waals surface area contributed by atoms with Crippen molar-refractivity contribution in [2.75, 3.05) is 7.11 Å². The van der Waals surface area contributed by atoms with Gasteiger partial charge < -0.3 is 14.2 Å². The number of aryl methyl sites for hydroxylation is 1. The van der Waals surface area contributed by atoms with Crippen molar-refractivity contribution in [3.63, 3.8) is 0 Å². The van der Waals surface area contributed by atoms with E-state index in [4.69, 9.17) is 9.47 Å². The highest BCUT2D eigenvalue weighted by atomic mass is 16.7. The molecule has 2 rings (SSSR count). The smallest absolute Gasteiger partial charge is 0.305 e. The van der Waals surface area contributed by atoms with Gasteiger partial charge in [-0.1, -0.05) is 6.07 Å². The first-order valence-electron chi connectivity index (χ1n) is 5.58. The molecule has 0 amide bonds. The monoisotopic (exact) mass is 236 g/mol. The Balaban J connectivity index is 2.06. The standard InChI is InChI=1S/C13H16O4/c1-13(2)16-10-6-4-9(8-11(10)17-13)5-7-12(14)15-3/h4,6,8H,5,7H2,1-3H3. The second kappa shape index (κ2) is 4.28. The minimum absolute atomic E-state index is 0.206.